The predicted molar refractivity (Wildman–Crippen MR) is 82.0 cm³/mol. The molecule has 2 N–H and O–H groups in total. The summed E-state index contributed by atoms with van der Waals surface area (Å²) < 4.78 is 6.66. The Morgan fingerprint density at radius 2 is 2.32 bits per heavy atom. The van der Waals surface area contributed by atoms with Crippen LogP contribution in [0.2, 0.25) is 0 Å². The maximum atomic E-state index is 6.06. The van der Waals surface area contributed by atoms with Crippen LogP contribution in [-0.4, -0.2) is 37.2 Å². The molecule has 1 aromatic rings. The Balaban J connectivity index is 2.09. The van der Waals surface area contributed by atoms with Gasteiger partial charge in [-0.25, -0.2) is 0 Å². The van der Waals surface area contributed by atoms with Crippen LogP contribution in [0.4, 0.5) is 0 Å². The van der Waals surface area contributed by atoms with Gasteiger partial charge in [0.15, 0.2) is 0 Å². The number of ether oxygens (including phenoxy) is 1. The molecule has 19 heavy (non-hydrogen) atoms. The first-order chi connectivity index (χ1) is 9.06. The Labute approximate surface area is 124 Å². The number of rotatable bonds is 5. The molecule has 0 aromatic heterocycles. The minimum atomic E-state index is -0.00117. The lowest BCUT2D eigenvalue weighted by molar-refractivity contribution is 0.0609. The van der Waals surface area contributed by atoms with Crippen LogP contribution in [0.15, 0.2) is 28.7 Å². The van der Waals surface area contributed by atoms with E-state index in [2.05, 4.69) is 59.1 Å². The second-order valence-electron chi connectivity index (χ2n) is 5.61. The zero-order valence-corrected chi connectivity index (χ0v) is 13.3. The molecule has 0 spiro atoms. The summed E-state index contributed by atoms with van der Waals surface area (Å²) in [5, 5.41) is 0. The van der Waals surface area contributed by atoms with E-state index in [9.17, 15) is 0 Å². The Kier molecular flexibility index (Phi) is 5.01. The number of hydrogen-bond acceptors (Lipinski definition) is 3. The molecular formula is C15H23BrN2O. The van der Waals surface area contributed by atoms with Gasteiger partial charge >= 0.3 is 0 Å². The molecule has 0 saturated carbocycles. The zero-order valence-electron chi connectivity index (χ0n) is 11.7. The first-order valence-corrected chi connectivity index (χ1v) is 7.59. The number of benzene rings is 1. The van der Waals surface area contributed by atoms with Crippen LogP contribution < -0.4 is 5.73 Å². The van der Waals surface area contributed by atoms with Gasteiger partial charge in [-0.2, -0.15) is 0 Å². The molecule has 2 atom stereocenters. The van der Waals surface area contributed by atoms with E-state index in [4.69, 9.17) is 10.5 Å². The summed E-state index contributed by atoms with van der Waals surface area (Å²) in [6.07, 6.45) is 1.11. The molecule has 2 rings (SSSR count). The highest BCUT2D eigenvalue weighted by atomic mass is 79.9. The molecule has 1 heterocycles. The van der Waals surface area contributed by atoms with Crippen LogP contribution in [-0.2, 0) is 11.3 Å². The van der Waals surface area contributed by atoms with Gasteiger partial charge < -0.3 is 10.5 Å². The van der Waals surface area contributed by atoms with Crippen molar-refractivity contribution in [3.8, 4) is 0 Å². The fourth-order valence-corrected chi connectivity index (χ4v) is 3.20. The fraction of sp³-hybridized carbons (Fsp3) is 0.600. The van der Waals surface area contributed by atoms with Gasteiger partial charge in [-0.05, 0) is 38.1 Å². The van der Waals surface area contributed by atoms with E-state index in [1.54, 1.807) is 0 Å². The largest absolute Gasteiger partial charge is 0.381 e. The first kappa shape index (κ1) is 15.0. The average molecular weight is 327 g/mol. The summed E-state index contributed by atoms with van der Waals surface area (Å²) in [7, 11) is 2.16. The molecular weight excluding hydrogens is 304 g/mol. The molecule has 1 aromatic carbocycles. The van der Waals surface area contributed by atoms with Gasteiger partial charge in [0.05, 0.1) is 6.61 Å². The van der Waals surface area contributed by atoms with E-state index in [1.807, 2.05) is 0 Å². The van der Waals surface area contributed by atoms with Crippen molar-refractivity contribution in [2.24, 2.45) is 11.7 Å². The van der Waals surface area contributed by atoms with E-state index in [-0.39, 0.29) is 5.54 Å². The number of halogens is 1. The molecule has 4 heteroatoms. The summed E-state index contributed by atoms with van der Waals surface area (Å²) in [5.74, 6) is 0.523. The highest BCUT2D eigenvalue weighted by Crippen LogP contribution is 2.31. The van der Waals surface area contributed by atoms with Gasteiger partial charge in [0.25, 0.3) is 0 Å². The maximum Gasteiger partial charge on any atom is 0.0513 e. The van der Waals surface area contributed by atoms with Gasteiger partial charge in [0, 0.05) is 35.6 Å². The third-order valence-electron chi connectivity index (χ3n) is 4.40. The smallest absolute Gasteiger partial charge is 0.0513 e. The van der Waals surface area contributed by atoms with Crippen LogP contribution in [0.3, 0.4) is 0 Å². The molecule has 1 saturated heterocycles. The quantitative estimate of drug-likeness (QED) is 0.904. The zero-order chi connectivity index (χ0) is 13.9. The highest BCUT2D eigenvalue weighted by molar-refractivity contribution is 9.10. The lowest BCUT2D eigenvalue weighted by Crippen LogP contribution is -2.54. The van der Waals surface area contributed by atoms with Crippen molar-refractivity contribution in [1.29, 1.82) is 0 Å². The molecule has 0 bridgehead atoms. The van der Waals surface area contributed by atoms with E-state index in [1.165, 1.54) is 5.56 Å². The number of nitrogens with zero attached hydrogens (tertiary/aromatic N) is 1. The molecule has 3 nitrogen and oxygen atoms in total. The molecule has 1 fully saturated rings. The Morgan fingerprint density at radius 3 is 2.89 bits per heavy atom. The summed E-state index contributed by atoms with van der Waals surface area (Å²) in [6.45, 7) is 5.51. The third kappa shape index (κ3) is 3.37. The summed E-state index contributed by atoms with van der Waals surface area (Å²) in [5.41, 5.74) is 7.37. The fourth-order valence-electron chi connectivity index (χ4n) is 2.75. The third-order valence-corrected chi connectivity index (χ3v) is 4.90. The molecule has 1 aliphatic heterocycles. The average Bonchev–Trinajstić information content (AvgIpc) is 2.92. The van der Waals surface area contributed by atoms with Crippen LogP contribution in [0.1, 0.15) is 18.9 Å². The Hall–Kier alpha value is -0.420. The van der Waals surface area contributed by atoms with Gasteiger partial charge in [0.2, 0.25) is 0 Å². The Morgan fingerprint density at radius 1 is 1.53 bits per heavy atom. The van der Waals surface area contributed by atoms with E-state index in [0.29, 0.717) is 12.5 Å². The second-order valence-corrected chi connectivity index (χ2v) is 6.52. The Bertz CT molecular complexity index is 420. The van der Waals surface area contributed by atoms with Gasteiger partial charge in [-0.1, -0.05) is 28.1 Å². The van der Waals surface area contributed by atoms with Gasteiger partial charge in [-0.15, -0.1) is 0 Å². The van der Waals surface area contributed by atoms with E-state index >= 15 is 0 Å². The molecule has 0 amide bonds. The van der Waals surface area contributed by atoms with Crippen LogP contribution >= 0.6 is 15.9 Å². The van der Waals surface area contributed by atoms with Gasteiger partial charge in [0.1, 0.15) is 0 Å². The lowest BCUT2D eigenvalue weighted by Gasteiger charge is -2.42. The normalized spacial score (nSPS) is 22.7. The number of hydrogen-bond donors (Lipinski definition) is 1. The van der Waals surface area contributed by atoms with E-state index < -0.39 is 0 Å². The topological polar surface area (TPSA) is 38.5 Å². The van der Waals surface area contributed by atoms with Crippen molar-refractivity contribution in [3.05, 3.63) is 34.3 Å². The highest BCUT2D eigenvalue weighted by Gasteiger charge is 2.38. The number of likely N-dealkylation sites (N-methyl/N-ethyl adjacent to an activating group) is 1. The second kappa shape index (κ2) is 6.35. The summed E-state index contributed by atoms with van der Waals surface area (Å²) in [6, 6.07) is 8.45. The monoisotopic (exact) mass is 326 g/mol. The van der Waals surface area contributed by atoms with Crippen molar-refractivity contribution in [3.63, 3.8) is 0 Å². The van der Waals surface area contributed by atoms with Crippen LogP contribution in [0, 0.1) is 5.92 Å². The predicted octanol–water partition coefficient (Wildman–Crippen LogP) is 2.63. The minimum absolute atomic E-state index is 0.00117. The molecule has 1 aliphatic rings. The van der Waals surface area contributed by atoms with Crippen molar-refractivity contribution < 1.29 is 4.74 Å². The molecule has 0 radical (unpaired) electrons. The van der Waals surface area contributed by atoms with Crippen molar-refractivity contribution >= 4 is 15.9 Å². The van der Waals surface area contributed by atoms with Crippen molar-refractivity contribution in [2.45, 2.75) is 25.4 Å². The van der Waals surface area contributed by atoms with E-state index in [0.717, 1.165) is 30.7 Å². The minimum Gasteiger partial charge on any atom is -0.381 e. The summed E-state index contributed by atoms with van der Waals surface area (Å²) >= 11 is 3.52. The number of nitrogens with two attached hydrogens (primary N) is 1. The molecule has 106 valence electrons. The van der Waals surface area contributed by atoms with Crippen molar-refractivity contribution in [2.75, 3.05) is 26.8 Å². The maximum absolute atomic E-state index is 6.06. The SMILES string of the molecule is CN(Cc1cccc(Br)c1)C(C)(CN)C1CCOC1. The van der Waals surface area contributed by atoms with Gasteiger partial charge in [-0.3, -0.25) is 4.90 Å². The lowest BCUT2D eigenvalue weighted by atomic mass is 9.83. The summed E-state index contributed by atoms with van der Waals surface area (Å²) in [4.78, 5) is 2.37. The molecule has 0 aliphatic carbocycles. The van der Waals surface area contributed by atoms with Crippen LogP contribution in [0.5, 0.6) is 0 Å². The standard InChI is InChI=1S/C15H23BrN2O/c1-15(11-17,13-6-7-19-10-13)18(2)9-12-4-3-5-14(16)8-12/h3-5,8,13H,6-7,9-11,17H2,1-2H3. The molecule has 2 unspecified atom stereocenters. The van der Waals surface area contributed by atoms with Crippen molar-refractivity contribution in [1.82, 2.24) is 4.90 Å². The van der Waals surface area contributed by atoms with Crippen LogP contribution in [0.25, 0.3) is 0 Å². The first-order valence-electron chi connectivity index (χ1n) is 6.80.